The van der Waals surface area contributed by atoms with Crippen LogP contribution in [0, 0.1) is 22.7 Å². The van der Waals surface area contributed by atoms with Crippen LogP contribution in [-0.4, -0.2) is 21.8 Å². The Hall–Kier alpha value is -4.23. The van der Waals surface area contributed by atoms with Gasteiger partial charge in [0.15, 0.2) is 0 Å². The molecule has 0 aliphatic rings. The molecule has 2 aromatic carbocycles. The summed E-state index contributed by atoms with van der Waals surface area (Å²) in [6.07, 6.45) is 0.813. The zero-order valence-electron chi connectivity index (χ0n) is 15.0. The zero-order chi connectivity index (χ0) is 20.1. The fraction of sp³-hybridized carbons (Fsp3) is 0.0952. The number of aryl methyl sites for hydroxylation is 1. The van der Waals surface area contributed by atoms with Crippen LogP contribution in [0.15, 0.2) is 53.6 Å². The number of benzene rings is 2. The minimum absolute atomic E-state index is 0.204. The van der Waals surface area contributed by atoms with E-state index in [4.69, 9.17) is 10.5 Å². The van der Waals surface area contributed by atoms with Crippen LogP contribution in [0.25, 0.3) is 22.2 Å². The summed E-state index contributed by atoms with van der Waals surface area (Å²) in [6, 6.07) is 17.5. The summed E-state index contributed by atoms with van der Waals surface area (Å²) in [7, 11) is 0. The van der Waals surface area contributed by atoms with E-state index in [1.807, 2.05) is 25.1 Å². The number of carboxylic acids is 1. The van der Waals surface area contributed by atoms with E-state index in [1.165, 1.54) is 0 Å². The van der Waals surface area contributed by atoms with Gasteiger partial charge in [-0.05, 0) is 42.3 Å². The predicted molar refractivity (Wildman–Crippen MR) is 106 cm³/mol. The van der Waals surface area contributed by atoms with Crippen molar-refractivity contribution in [3.05, 3.63) is 59.7 Å². The van der Waals surface area contributed by atoms with Gasteiger partial charge in [-0.2, -0.15) is 15.6 Å². The van der Waals surface area contributed by atoms with Crippen LogP contribution in [-0.2, 0) is 6.42 Å². The SMILES string of the molecule is CCc1ccc2nc(-c3ccc(NN=C(C#N)C#N)cc3)cc(C(=O)O)c2c1. The number of nitrogens with zero attached hydrogens (tertiary/aromatic N) is 4. The molecule has 28 heavy (non-hydrogen) atoms. The third-order valence-electron chi connectivity index (χ3n) is 4.20. The number of nitrogens with one attached hydrogen (secondary N) is 1. The minimum Gasteiger partial charge on any atom is -0.478 e. The highest BCUT2D eigenvalue weighted by Crippen LogP contribution is 2.27. The first-order valence-corrected chi connectivity index (χ1v) is 8.47. The van der Waals surface area contributed by atoms with E-state index in [-0.39, 0.29) is 11.3 Å². The smallest absolute Gasteiger partial charge is 0.336 e. The van der Waals surface area contributed by atoms with Crippen molar-refractivity contribution in [2.24, 2.45) is 5.10 Å². The molecule has 0 saturated heterocycles. The van der Waals surface area contributed by atoms with Crippen LogP contribution in [0.5, 0.6) is 0 Å². The Balaban J connectivity index is 2.00. The molecule has 0 aliphatic heterocycles. The van der Waals surface area contributed by atoms with Crippen LogP contribution in [0.4, 0.5) is 5.69 Å². The van der Waals surface area contributed by atoms with E-state index in [1.54, 1.807) is 42.5 Å². The monoisotopic (exact) mass is 369 g/mol. The first-order chi connectivity index (χ1) is 13.5. The van der Waals surface area contributed by atoms with E-state index in [0.29, 0.717) is 22.3 Å². The second-order valence-electron chi connectivity index (χ2n) is 5.94. The Labute approximate surface area is 161 Å². The molecule has 3 aromatic rings. The van der Waals surface area contributed by atoms with Gasteiger partial charge < -0.3 is 5.11 Å². The van der Waals surface area contributed by atoms with Crippen molar-refractivity contribution >= 4 is 28.3 Å². The zero-order valence-corrected chi connectivity index (χ0v) is 15.0. The number of aromatic nitrogens is 1. The molecule has 1 heterocycles. The second kappa shape index (κ2) is 7.98. The number of carboxylic acid groups (broad SMARTS) is 1. The van der Waals surface area contributed by atoms with Crippen LogP contribution >= 0.6 is 0 Å². The second-order valence-corrected chi connectivity index (χ2v) is 5.94. The maximum Gasteiger partial charge on any atom is 0.336 e. The number of aromatic carboxylic acids is 1. The number of fused-ring (bicyclic) bond motifs is 1. The highest BCUT2D eigenvalue weighted by molar-refractivity contribution is 6.10. The summed E-state index contributed by atoms with van der Waals surface area (Å²) in [5.74, 6) is -1.00. The number of rotatable bonds is 5. The van der Waals surface area contributed by atoms with E-state index < -0.39 is 5.97 Å². The molecule has 7 nitrogen and oxygen atoms in total. The molecule has 0 saturated carbocycles. The molecule has 2 N–H and O–H groups in total. The Bertz CT molecular complexity index is 1150. The van der Waals surface area contributed by atoms with E-state index in [2.05, 4.69) is 15.5 Å². The molecular formula is C21H15N5O2. The Morgan fingerprint density at radius 3 is 2.46 bits per heavy atom. The fourth-order valence-corrected chi connectivity index (χ4v) is 2.73. The molecule has 0 amide bonds. The summed E-state index contributed by atoms with van der Waals surface area (Å²) in [6.45, 7) is 2.01. The third-order valence-corrected chi connectivity index (χ3v) is 4.20. The van der Waals surface area contributed by atoms with Crippen LogP contribution in [0.1, 0.15) is 22.8 Å². The lowest BCUT2D eigenvalue weighted by Gasteiger charge is -2.09. The van der Waals surface area contributed by atoms with Crippen molar-refractivity contribution < 1.29 is 9.90 Å². The number of carbonyl (C=O) groups is 1. The van der Waals surface area contributed by atoms with Crippen LogP contribution in [0.3, 0.4) is 0 Å². The molecule has 7 heteroatoms. The first-order valence-electron chi connectivity index (χ1n) is 8.47. The maximum absolute atomic E-state index is 11.8. The van der Waals surface area contributed by atoms with E-state index in [0.717, 1.165) is 17.5 Å². The van der Waals surface area contributed by atoms with Crippen molar-refractivity contribution in [1.82, 2.24) is 4.98 Å². The summed E-state index contributed by atoms with van der Waals surface area (Å²) >= 11 is 0. The average Bonchev–Trinajstić information content (AvgIpc) is 2.73. The van der Waals surface area contributed by atoms with Gasteiger partial charge in [0.1, 0.15) is 12.1 Å². The van der Waals surface area contributed by atoms with Crippen LogP contribution < -0.4 is 5.43 Å². The minimum atomic E-state index is -1.00. The molecule has 0 unspecified atom stereocenters. The van der Waals surface area contributed by atoms with E-state index >= 15 is 0 Å². The Morgan fingerprint density at radius 1 is 1.14 bits per heavy atom. The van der Waals surface area contributed by atoms with Crippen molar-refractivity contribution in [1.29, 1.82) is 10.5 Å². The molecule has 0 atom stereocenters. The highest BCUT2D eigenvalue weighted by atomic mass is 16.4. The van der Waals surface area contributed by atoms with Gasteiger partial charge >= 0.3 is 5.97 Å². The van der Waals surface area contributed by atoms with Gasteiger partial charge in [-0.1, -0.05) is 25.1 Å². The topological polar surface area (TPSA) is 122 Å². The molecule has 3 rings (SSSR count). The number of hydrogen-bond donors (Lipinski definition) is 2. The summed E-state index contributed by atoms with van der Waals surface area (Å²) in [5, 5.41) is 31.3. The Kier molecular flexibility index (Phi) is 5.29. The molecule has 0 fully saturated rings. The highest BCUT2D eigenvalue weighted by Gasteiger charge is 2.13. The largest absolute Gasteiger partial charge is 0.478 e. The quantitative estimate of drug-likeness (QED) is 0.518. The Morgan fingerprint density at radius 2 is 1.86 bits per heavy atom. The number of pyridine rings is 1. The van der Waals surface area contributed by atoms with Gasteiger partial charge in [0.05, 0.1) is 22.5 Å². The van der Waals surface area contributed by atoms with Gasteiger partial charge in [0.25, 0.3) is 0 Å². The van der Waals surface area contributed by atoms with Gasteiger partial charge in [-0.15, -0.1) is 0 Å². The standard InChI is InChI=1S/C21H15N5O2/c1-2-13-3-8-19-17(9-13)18(21(27)28)10-20(24-19)14-4-6-15(7-5-14)25-26-16(11-22)12-23/h3-10,25H,2H2,1H3,(H,27,28). The third kappa shape index (κ3) is 3.79. The lowest BCUT2D eigenvalue weighted by atomic mass is 10.0. The molecule has 1 aromatic heterocycles. The number of hydrazone groups is 1. The summed E-state index contributed by atoms with van der Waals surface area (Å²) in [4.78, 5) is 16.3. The lowest BCUT2D eigenvalue weighted by molar-refractivity contribution is 0.0699. The number of hydrogen-bond acceptors (Lipinski definition) is 6. The predicted octanol–water partition coefficient (Wildman–Crippen LogP) is 3.98. The molecule has 0 spiro atoms. The van der Waals surface area contributed by atoms with Crippen molar-refractivity contribution in [3.63, 3.8) is 0 Å². The van der Waals surface area contributed by atoms with Crippen LogP contribution in [0.2, 0.25) is 0 Å². The molecular weight excluding hydrogens is 354 g/mol. The molecule has 0 aliphatic carbocycles. The van der Waals surface area contributed by atoms with E-state index in [9.17, 15) is 9.90 Å². The molecule has 136 valence electrons. The van der Waals surface area contributed by atoms with Gasteiger partial charge in [0.2, 0.25) is 5.71 Å². The number of nitriles is 2. The lowest BCUT2D eigenvalue weighted by Crippen LogP contribution is -2.01. The van der Waals surface area contributed by atoms with Crippen molar-refractivity contribution in [2.45, 2.75) is 13.3 Å². The molecule has 0 radical (unpaired) electrons. The number of anilines is 1. The summed E-state index contributed by atoms with van der Waals surface area (Å²) < 4.78 is 0. The fourth-order valence-electron chi connectivity index (χ4n) is 2.73. The van der Waals surface area contributed by atoms with Gasteiger partial charge in [-0.3, -0.25) is 5.43 Å². The van der Waals surface area contributed by atoms with Crippen molar-refractivity contribution in [2.75, 3.05) is 5.43 Å². The van der Waals surface area contributed by atoms with Gasteiger partial charge in [0, 0.05) is 10.9 Å². The normalized spacial score (nSPS) is 9.96. The summed E-state index contributed by atoms with van der Waals surface area (Å²) in [5.41, 5.74) is 6.08. The maximum atomic E-state index is 11.8. The first kappa shape index (κ1) is 18.6. The van der Waals surface area contributed by atoms with Gasteiger partial charge in [-0.25, -0.2) is 9.78 Å². The average molecular weight is 369 g/mol. The molecule has 0 bridgehead atoms. The van der Waals surface area contributed by atoms with Crippen molar-refractivity contribution in [3.8, 4) is 23.4 Å².